The van der Waals surface area contributed by atoms with Crippen molar-refractivity contribution in [2.45, 2.75) is 13.1 Å². The highest BCUT2D eigenvalue weighted by atomic mass is 128. The predicted octanol–water partition coefficient (Wildman–Crippen LogP) is 9.70. The molecule has 6 nitrogen and oxygen atoms in total. The molecule has 0 saturated carbocycles. The molecule has 6 rings (SSSR count). The summed E-state index contributed by atoms with van der Waals surface area (Å²) >= 11 is 6.39. The van der Waals surface area contributed by atoms with E-state index in [4.69, 9.17) is 18.9 Å². The molecule has 0 radical (unpaired) electrons. The summed E-state index contributed by atoms with van der Waals surface area (Å²) in [5.41, 5.74) is 4.42. The predicted molar refractivity (Wildman–Crippen MR) is 193 cm³/mol. The van der Waals surface area contributed by atoms with Crippen LogP contribution >= 0.6 is 59.8 Å². The van der Waals surface area contributed by atoms with Gasteiger partial charge in [-0.2, -0.15) is 0 Å². The first-order valence-electron chi connectivity index (χ1n) is 13.0. The molecule has 0 atom stereocenters. The molecule has 4 aromatic carbocycles. The molecule has 2 aliphatic rings. The second-order valence-electron chi connectivity index (χ2n) is 9.43. The van der Waals surface area contributed by atoms with Crippen LogP contribution in [0.1, 0.15) is 22.3 Å². The Balaban J connectivity index is 0.000000194. The van der Waals surface area contributed by atoms with Crippen molar-refractivity contribution in [1.29, 1.82) is 0 Å². The van der Waals surface area contributed by atoms with Crippen LogP contribution in [0.15, 0.2) is 58.5 Å². The largest absolute Gasteiger partial charge is 0.494 e. The molecular weight excluding hydrogens is 933 g/mol. The maximum atomic E-state index is 14.5. The number of aliphatic imine (C=N–C) groups is 2. The van der Waals surface area contributed by atoms with Crippen LogP contribution in [-0.2, 0) is 13.1 Å². The van der Waals surface area contributed by atoms with Crippen LogP contribution in [0, 0.1) is 23.3 Å². The second-order valence-corrected chi connectivity index (χ2v) is 10.5. The van der Waals surface area contributed by atoms with E-state index in [0.717, 1.165) is 26.0 Å². The lowest BCUT2D eigenvalue weighted by molar-refractivity contribution is 0.360. The molecule has 0 aliphatic carbocycles. The highest BCUT2D eigenvalue weighted by molar-refractivity contribution is 15.0. The van der Waals surface area contributed by atoms with Gasteiger partial charge in [-0.25, -0.2) is 17.6 Å². The van der Waals surface area contributed by atoms with Crippen LogP contribution in [-0.4, -0.2) is 38.4 Å². The Morgan fingerprint density at radius 3 is 1.51 bits per heavy atom. The zero-order valence-electron chi connectivity index (χ0n) is 24.3. The molecule has 236 valence electrons. The van der Waals surface area contributed by atoms with Crippen molar-refractivity contribution in [3.63, 3.8) is 0 Å². The third-order valence-electron chi connectivity index (χ3n) is 7.08. The minimum Gasteiger partial charge on any atom is -0.494 e. The summed E-state index contributed by atoms with van der Waals surface area (Å²) in [4.78, 5) is 8.45. The Morgan fingerprint density at radius 1 is 0.600 bits per heavy atom. The van der Waals surface area contributed by atoms with Crippen molar-refractivity contribution in [2.75, 3.05) is 28.4 Å². The lowest BCUT2D eigenvalue weighted by atomic mass is 9.99. The van der Waals surface area contributed by atoms with Crippen LogP contribution in [0.5, 0.6) is 23.0 Å². The standard InChI is InChI=1S/C16H12F2INO2.C16H13F2NO2.I2/c1-21-11-6-12(22-2)15(18)13(14(11)17)8-3-4-10-9(5-8)7-20-16(10)19;1-20-12-6-13(21-2)16(18)14(15(12)17)9-3-4-10-7-19-8-11(10)5-9;1-2/h3-6H,7H2,1-2H3;3-7H,8H2,1-2H3;. The van der Waals surface area contributed by atoms with Crippen molar-refractivity contribution in [2.24, 2.45) is 9.98 Å². The Labute approximate surface area is 294 Å². The molecule has 0 saturated heterocycles. The first-order valence-corrected chi connectivity index (χ1v) is 20.4. The van der Waals surface area contributed by atoms with Gasteiger partial charge in [0.15, 0.2) is 46.3 Å². The highest BCUT2D eigenvalue weighted by Crippen LogP contribution is 2.40. The lowest BCUT2D eigenvalue weighted by Crippen LogP contribution is -2.00. The van der Waals surface area contributed by atoms with Crippen LogP contribution in [0.4, 0.5) is 17.6 Å². The highest BCUT2D eigenvalue weighted by Gasteiger charge is 2.24. The Kier molecular flexibility index (Phi) is 12.3. The number of halogens is 7. The third-order valence-corrected chi connectivity index (χ3v) is 8.00. The number of benzene rings is 4. The van der Waals surface area contributed by atoms with Gasteiger partial charge in [0.25, 0.3) is 0 Å². The zero-order chi connectivity index (χ0) is 32.8. The molecule has 0 amide bonds. The molecule has 0 N–H and O–H groups in total. The average molecular weight is 958 g/mol. The Morgan fingerprint density at radius 2 is 1.04 bits per heavy atom. The van der Waals surface area contributed by atoms with Gasteiger partial charge >= 0.3 is 0 Å². The van der Waals surface area contributed by atoms with Crippen molar-refractivity contribution < 1.29 is 36.5 Å². The maximum absolute atomic E-state index is 14.5. The normalized spacial score (nSPS) is 12.2. The van der Waals surface area contributed by atoms with E-state index in [0.29, 0.717) is 24.2 Å². The number of fused-ring (bicyclic) bond motifs is 2. The van der Waals surface area contributed by atoms with E-state index in [9.17, 15) is 17.6 Å². The second kappa shape index (κ2) is 15.8. The van der Waals surface area contributed by atoms with Gasteiger partial charge in [0.05, 0.1) is 52.7 Å². The SMILES string of the molecule is COc1cc(OC)c(F)c(-c2ccc3c(c2)CN=C3)c1F.COc1cc(OC)c(F)c(-c2ccc3c(c2)CN=C3I)c1F.II. The number of hydrogen-bond donors (Lipinski definition) is 0. The summed E-state index contributed by atoms with van der Waals surface area (Å²) in [5, 5.41) is 0. The molecule has 0 fully saturated rings. The fourth-order valence-electron chi connectivity index (χ4n) is 4.87. The van der Waals surface area contributed by atoms with Gasteiger partial charge in [-0.05, 0) is 62.5 Å². The number of nitrogens with zero attached hydrogens (tertiary/aromatic N) is 2. The van der Waals surface area contributed by atoms with Crippen molar-refractivity contribution in [1.82, 2.24) is 0 Å². The Hall–Kier alpha value is -2.67. The minimum atomic E-state index is -0.741. The smallest absolute Gasteiger partial charge is 0.176 e. The third kappa shape index (κ3) is 7.18. The summed E-state index contributed by atoms with van der Waals surface area (Å²) in [6, 6.07) is 12.9. The van der Waals surface area contributed by atoms with E-state index in [-0.39, 0.29) is 34.1 Å². The average Bonchev–Trinajstić information content (AvgIpc) is 3.68. The monoisotopic (exact) mass is 958 g/mol. The first kappa shape index (κ1) is 35.2. The zero-order valence-corrected chi connectivity index (χ0v) is 30.8. The van der Waals surface area contributed by atoms with Crippen molar-refractivity contribution >= 4 is 69.8 Å². The van der Waals surface area contributed by atoms with E-state index >= 15 is 0 Å². The van der Waals surface area contributed by atoms with Gasteiger partial charge in [0, 0.05) is 61.1 Å². The fraction of sp³-hybridized carbons (Fsp3) is 0.188. The van der Waals surface area contributed by atoms with Gasteiger partial charge in [-0.15, -0.1) is 0 Å². The number of ether oxygens (including phenoxy) is 4. The number of methoxy groups -OCH3 is 4. The molecule has 2 heterocycles. The number of rotatable bonds is 6. The molecule has 0 aromatic heterocycles. The quantitative estimate of drug-likeness (QED) is 0.143. The van der Waals surface area contributed by atoms with Crippen molar-refractivity contribution in [3.8, 4) is 45.3 Å². The minimum absolute atomic E-state index is 0.0556. The topological polar surface area (TPSA) is 61.6 Å². The molecule has 45 heavy (non-hydrogen) atoms. The molecule has 0 bridgehead atoms. The molecule has 0 unspecified atom stereocenters. The van der Waals surface area contributed by atoms with E-state index < -0.39 is 23.3 Å². The number of hydrogen-bond acceptors (Lipinski definition) is 6. The molecule has 2 aliphatic heterocycles. The fourth-order valence-corrected chi connectivity index (χ4v) is 5.56. The summed E-state index contributed by atoms with van der Waals surface area (Å²) in [6.45, 7) is 1.04. The van der Waals surface area contributed by atoms with E-state index in [1.807, 2.05) is 6.07 Å². The summed E-state index contributed by atoms with van der Waals surface area (Å²) in [7, 11) is 5.32. The molecular formula is C32H25F4I3N2O4. The van der Waals surface area contributed by atoms with Gasteiger partial charge in [0.1, 0.15) is 3.72 Å². The van der Waals surface area contributed by atoms with E-state index in [1.54, 1.807) is 36.5 Å². The van der Waals surface area contributed by atoms with Gasteiger partial charge < -0.3 is 18.9 Å². The summed E-state index contributed by atoms with van der Waals surface area (Å²) in [5.74, 6) is -3.19. The van der Waals surface area contributed by atoms with Crippen LogP contribution < -0.4 is 18.9 Å². The lowest BCUT2D eigenvalue weighted by Gasteiger charge is -2.13. The van der Waals surface area contributed by atoms with Gasteiger partial charge in [-0.3, -0.25) is 9.98 Å². The maximum Gasteiger partial charge on any atom is 0.176 e. The van der Waals surface area contributed by atoms with Crippen LogP contribution in [0.2, 0.25) is 0 Å². The Bertz CT molecular complexity index is 1750. The summed E-state index contributed by atoms with van der Waals surface area (Å²) < 4.78 is 78.6. The van der Waals surface area contributed by atoms with Gasteiger partial charge in [0.2, 0.25) is 0 Å². The first-order chi connectivity index (χ1) is 21.7. The van der Waals surface area contributed by atoms with Crippen molar-refractivity contribution in [3.05, 3.63) is 94.1 Å². The van der Waals surface area contributed by atoms with E-state index in [1.165, 1.54) is 40.6 Å². The molecule has 4 aromatic rings. The van der Waals surface area contributed by atoms with Crippen LogP contribution in [0.25, 0.3) is 22.3 Å². The molecule has 13 heteroatoms. The van der Waals surface area contributed by atoms with Gasteiger partial charge in [-0.1, -0.05) is 24.3 Å². The molecule has 0 spiro atoms. The van der Waals surface area contributed by atoms with E-state index in [2.05, 4.69) is 69.8 Å². The summed E-state index contributed by atoms with van der Waals surface area (Å²) in [6.07, 6.45) is 1.75. The van der Waals surface area contributed by atoms with Crippen LogP contribution in [0.3, 0.4) is 0 Å².